The third-order valence-electron chi connectivity index (χ3n) is 8.02. The molecule has 198 valence electrons. The number of aryl methyl sites for hydroxylation is 1. The highest BCUT2D eigenvalue weighted by molar-refractivity contribution is 5.68. The predicted octanol–water partition coefficient (Wildman–Crippen LogP) is 3.88. The Morgan fingerprint density at radius 1 is 1.21 bits per heavy atom. The maximum atomic E-state index is 15.2. The van der Waals surface area contributed by atoms with E-state index in [1.165, 1.54) is 36.8 Å². The molecule has 12 heteroatoms. The molecule has 0 unspecified atom stereocenters. The lowest BCUT2D eigenvalue weighted by atomic mass is 9.84. The minimum atomic E-state index is -0.477. The van der Waals surface area contributed by atoms with Crippen molar-refractivity contribution < 1.29 is 4.39 Å². The number of halogens is 1. The first kappa shape index (κ1) is 24.5. The summed E-state index contributed by atoms with van der Waals surface area (Å²) in [7, 11) is 1.52. The zero-order valence-corrected chi connectivity index (χ0v) is 21.8. The van der Waals surface area contributed by atoms with Crippen molar-refractivity contribution >= 4 is 23.1 Å². The van der Waals surface area contributed by atoms with Crippen molar-refractivity contribution in [1.82, 2.24) is 34.7 Å². The molecule has 3 fully saturated rings. The third-order valence-corrected chi connectivity index (χ3v) is 8.02. The number of fused-ring (bicyclic) bond motifs is 1. The Bertz CT molecular complexity index is 1480. The normalized spacial score (nSPS) is 22.6. The predicted molar refractivity (Wildman–Crippen MR) is 141 cm³/mol. The molecule has 0 amide bonds. The summed E-state index contributed by atoms with van der Waals surface area (Å²) in [5.41, 5.74) is 1.29. The standard InChI is InChI=1S/C26H31FN10O/c1-26(2)13-16(10-17-6-5-9-36(17)26)30-23-21(28-3)14-29-24(32-23)31-20-12-22(37-25(38)35(4)33-34-37)18(11-19(20)27)15-7-8-15/h11-12,14-17H,5-10,13H2,1-2,4H3,(H2,29,30,31,32)/t16-,17+/m1/s1. The Kier molecular flexibility index (Phi) is 5.90. The zero-order chi connectivity index (χ0) is 26.6. The second-order valence-electron chi connectivity index (χ2n) is 11.2. The Hall–Kier alpha value is -3.85. The molecule has 2 aromatic heterocycles. The minimum absolute atomic E-state index is 0.0602. The average molecular weight is 519 g/mol. The molecule has 0 radical (unpaired) electrons. The SMILES string of the molecule is [C-]#[N+]c1cnc(Nc2cc(-n3nnn(C)c3=O)c(C3CC3)cc2F)nc1N[C@@H]1C[C@@H]2CCCN2C(C)(C)C1. The number of nitrogens with one attached hydrogen (secondary N) is 2. The lowest BCUT2D eigenvalue weighted by Crippen LogP contribution is -2.55. The average Bonchev–Trinajstić information content (AvgIpc) is 3.52. The molecule has 3 aliphatic rings. The van der Waals surface area contributed by atoms with Crippen LogP contribution in [0.1, 0.15) is 63.9 Å². The van der Waals surface area contributed by atoms with Gasteiger partial charge in [0.2, 0.25) is 11.6 Å². The number of rotatable bonds is 6. The van der Waals surface area contributed by atoms with Gasteiger partial charge in [-0.3, -0.25) is 4.90 Å². The van der Waals surface area contributed by atoms with E-state index in [4.69, 9.17) is 6.57 Å². The fourth-order valence-electron chi connectivity index (χ4n) is 6.10. The topological polar surface area (TPSA) is 110 Å². The number of tetrazole rings is 1. The number of nitrogens with zero attached hydrogens (tertiary/aromatic N) is 8. The first-order valence-corrected chi connectivity index (χ1v) is 13.1. The van der Waals surface area contributed by atoms with Crippen LogP contribution in [-0.4, -0.2) is 58.8 Å². The van der Waals surface area contributed by atoms with E-state index in [0.29, 0.717) is 23.2 Å². The quantitative estimate of drug-likeness (QED) is 0.473. The highest BCUT2D eigenvalue weighted by Gasteiger charge is 2.43. The molecule has 0 bridgehead atoms. The molecule has 38 heavy (non-hydrogen) atoms. The van der Waals surface area contributed by atoms with Gasteiger partial charge >= 0.3 is 5.69 Å². The number of aromatic nitrogens is 6. The van der Waals surface area contributed by atoms with Crippen LogP contribution in [-0.2, 0) is 7.05 Å². The summed E-state index contributed by atoms with van der Waals surface area (Å²) in [6.07, 6.45) is 7.63. The fraction of sp³-hybridized carbons (Fsp3) is 0.538. The summed E-state index contributed by atoms with van der Waals surface area (Å²) in [4.78, 5) is 27.6. The van der Waals surface area contributed by atoms with E-state index < -0.39 is 11.5 Å². The van der Waals surface area contributed by atoms with Gasteiger partial charge in [0.1, 0.15) is 11.6 Å². The Labute approximate surface area is 219 Å². The number of hydrogen-bond donors (Lipinski definition) is 2. The molecule has 6 rings (SSSR count). The molecule has 2 N–H and O–H groups in total. The molecule has 2 aliphatic heterocycles. The molecule has 2 atom stereocenters. The summed E-state index contributed by atoms with van der Waals surface area (Å²) in [5, 5.41) is 14.2. The molecular formula is C26H31FN10O. The Morgan fingerprint density at radius 3 is 2.74 bits per heavy atom. The minimum Gasteiger partial charge on any atom is -0.376 e. The van der Waals surface area contributed by atoms with Crippen LogP contribution in [0.2, 0.25) is 0 Å². The van der Waals surface area contributed by atoms with Crippen molar-refractivity contribution in [1.29, 1.82) is 0 Å². The van der Waals surface area contributed by atoms with Crippen molar-refractivity contribution in [2.24, 2.45) is 7.05 Å². The van der Waals surface area contributed by atoms with Gasteiger partial charge < -0.3 is 10.6 Å². The molecular weight excluding hydrogens is 487 g/mol. The van der Waals surface area contributed by atoms with Gasteiger partial charge in [0, 0.05) is 30.9 Å². The number of piperidine rings is 1. The summed E-state index contributed by atoms with van der Waals surface area (Å²) in [6, 6.07) is 3.68. The smallest absolute Gasteiger partial charge is 0.368 e. The lowest BCUT2D eigenvalue weighted by molar-refractivity contribution is 0.0501. The molecule has 1 saturated carbocycles. The molecule has 1 aliphatic carbocycles. The van der Waals surface area contributed by atoms with Crippen LogP contribution in [0.4, 0.5) is 27.5 Å². The molecule has 0 spiro atoms. The summed E-state index contributed by atoms with van der Waals surface area (Å²) in [6.45, 7) is 13.3. The van der Waals surface area contributed by atoms with E-state index >= 15 is 4.39 Å². The second-order valence-corrected chi connectivity index (χ2v) is 11.2. The van der Waals surface area contributed by atoms with Gasteiger partial charge in [-0.05, 0) is 93.0 Å². The highest BCUT2D eigenvalue weighted by Crippen LogP contribution is 2.44. The van der Waals surface area contributed by atoms with Gasteiger partial charge in [0.15, 0.2) is 0 Å². The summed E-state index contributed by atoms with van der Waals surface area (Å²) in [5.74, 6) is 0.302. The Morgan fingerprint density at radius 2 is 2.03 bits per heavy atom. The van der Waals surface area contributed by atoms with Crippen molar-refractivity contribution in [2.75, 3.05) is 17.2 Å². The third kappa shape index (κ3) is 4.41. The van der Waals surface area contributed by atoms with Crippen molar-refractivity contribution in [3.05, 3.63) is 51.6 Å². The second kappa shape index (κ2) is 9.16. The van der Waals surface area contributed by atoms with Crippen LogP contribution < -0.4 is 16.3 Å². The molecule has 11 nitrogen and oxygen atoms in total. The first-order valence-electron chi connectivity index (χ1n) is 13.1. The van der Waals surface area contributed by atoms with Crippen molar-refractivity contribution in [3.63, 3.8) is 0 Å². The summed E-state index contributed by atoms with van der Waals surface area (Å²) < 4.78 is 17.6. The van der Waals surface area contributed by atoms with Gasteiger partial charge in [-0.25, -0.2) is 24.0 Å². The van der Waals surface area contributed by atoms with Crippen LogP contribution in [0.25, 0.3) is 10.5 Å². The first-order chi connectivity index (χ1) is 18.2. The van der Waals surface area contributed by atoms with E-state index in [9.17, 15) is 4.79 Å². The van der Waals surface area contributed by atoms with Gasteiger partial charge in [0.25, 0.3) is 0 Å². The van der Waals surface area contributed by atoms with Crippen molar-refractivity contribution in [3.8, 4) is 5.69 Å². The molecule has 1 aromatic carbocycles. The number of anilines is 3. The number of hydrogen-bond acceptors (Lipinski definition) is 8. The van der Waals surface area contributed by atoms with Gasteiger partial charge in [0.05, 0.1) is 17.9 Å². The summed E-state index contributed by atoms with van der Waals surface area (Å²) >= 11 is 0. The van der Waals surface area contributed by atoms with E-state index in [1.807, 2.05) is 0 Å². The van der Waals surface area contributed by atoms with Gasteiger partial charge in [-0.15, -0.1) is 0 Å². The van der Waals surface area contributed by atoms with Gasteiger partial charge in [-0.2, -0.15) is 9.36 Å². The van der Waals surface area contributed by atoms with E-state index in [-0.39, 0.29) is 29.1 Å². The lowest BCUT2D eigenvalue weighted by Gasteiger charge is -2.48. The Balaban J connectivity index is 1.30. The van der Waals surface area contributed by atoms with Gasteiger partial charge in [-0.1, -0.05) is 0 Å². The molecule has 3 aromatic rings. The van der Waals surface area contributed by atoms with E-state index in [0.717, 1.165) is 42.5 Å². The van der Waals surface area contributed by atoms with E-state index in [2.05, 4.69) is 54.6 Å². The fourth-order valence-corrected chi connectivity index (χ4v) is 6.10. The van der Waals surface area contributed by atoms with Crippen molar-refractivity contribution in [2.45, 2.75) is 75.9 Å². The zero-order valence-electron chi connectivity index (χ0n) is 21.8. The van der Waals surface area contributed by atoms with Crippen LogP contribution in [0.3, 0.4) is 0 Å². The highest BCUT2D eigenvalue weighted by atomic mass is 19.1. The maximum absolute atomic E-state index is 15.2. The van der Waals surface area contributed by atoms with Crippen LogP contribution >= 0.6 is 0 Å². The van der Waals surface area contributed by atoms with E-state index in [1.54, 1.807) is 6.07 Å². The van der Waals surface area contributed by atoms with Crippen LogP contribution in [0.5, 0.6) is 0 Å². The molecule has 4 heterocycles. The molecule has 2 saturated heterocycles. The van der Waals surface area contributed by atoms with Crippen LogP contribution in [0.15, 0.2) is 23.1 Å². The number of benzene rings is 1. The monoisotopic (exact) mass is 518 g/mol. The maximum Gasteiger partial charge on any atom is 0.368 e. The largest absolute Gasteiger partial charge is 0.376 e. The van der Waals surface area contributed by atoms with Crippen LogP contribution in [0, 0.1) is 12.4 Å².